The van der Waals surface area contributed by atoms with Crippen LogP contribution in [-0.4, -0.2) is 15.9 Å². The first kappa shape index (κ1) is 22.7. The Balaban J connectivity index is 1.55. The van der Waals surface area contributed by atoms with Crippen LogP contribution in [0.5, 0.6) is 0 Å². The monoisotopic (exact) mass is 547 g/mol. The van der Waals surface area contributed by atoms with Crippen molar-refractivity contribution in [3.05, 3.63) is 98.3 Å². The molecule has 0 spiro atoms. The second kappa shape index (κ2) is 9.29. The fourth-order valence-corrected chi connectivity index (χ4v) is 5.15. The number of aryl methyl sites for hydroxylation is 2. The Morgan fingerprint density at radius 3 is 2.50 bits per heavy atom. The molecule has 0 bridgehead atoms. The lowest BCUT2D eigenvalue weighted by atomic mass is 10.0. The Hall–Kier alpha value is -3.06. The largest absolute Gasteiger partial charge is 0.298 e. The lowest BCUT2D eigenvalue weighted by Gasteiger charge is -2.10. The summed E-state index contributed by atoms with van der Waals surface area (Å²) >= 11 is 11.0. The Bertz CT molecular complexity index is 1550. The van der Waals surface area contributed by atoms with Crippen LogP contribution in [0.25, 0.3) is 33.4 Å². The summed E-state index contributed by atoms with van der Waals surface area (Å²) in [4.78, 5) is 24.0. The number of pyridine rings is 1. The van der Waals surface area contributed by atoms with Crippen LogP contribution in [-0.2, 0) is 0 Å². The van der Waals surface area contributed by atoms with Crippen LogP contribution in [0.1, 0.15) is 20.8 Å². The second-order valence-electron chi connectivity index (χ2n) is 7.97. The summed E-state index contributed by atoms with van der Waals surface area (Å²) in [5.41, 5.74) is 5.94. The van der Waals surface area contributed by atoms with Crippen molar-refractivity contribution in [2.24, 2.45) is 0 Å². The number of fused-ring (bicyclic) bond motifs is 1. The number of nitrogens with zero attached hydrogens (tertiary/aromatic N) is 2. The molecular formula is C27H19BrClN3OS. The van der Waals surface area contributed by atoms with Gasteiger partial charge in [-0.1, -0.05) is 63.4 Å². The average molecular weight is 549 g/mol. The van der Waals surface area contributed by atoms with Crippen molar-refractivity contribution >= 4 is 60.8 Å². The van der Waals surface area contributed by atoms with E-state index in [4.69, 9.17) is 16.6 Å². The van der Waals surface area contributed by atoms with Gasteiger partial charge < -0.3 is 0 Å². The molecule has 0 saturated heterocycles. The number of carbonyl (C=O) groups excluding carboxylic acids is 1. The van der Waals surface area contributed by atoms with Gasteiger partial charge in [0.05, 0.1) is 22.5 Å². The summed E-state index contributed by atoms with van der Waals surface area (Å²) in [6, 6.07) is 23.2. The number of hydrogen-bond donors (Lipinski definition) is 1. The molecule has 168 valence electrons. The minimum atomic E-state index is -0.226. The molecule has 2 aromatic heterocycles. The van der Waals surface area contributed by atoms with Crippen LogP contribution in [0.15, 0.2) is 77.3 Å². The highest BCUT2D eigenvalue weighted by Gasteiger charge is 2.18. The van der Waals surface area contributed by atoms with Crippen LogP contribution in [0.2, 0.25) is 5.02 Å². The first-order valence-corrected chi connectivity index (χ1v) is 12.6. The van der Waals surface area contributed by atoms with Gasteiger partial charge in [0, 0.05) is 30.9 Å². The predicted octanol–water partition coefficient (Wildman–Crippen LogP) is 8.31. The highest BCUT2D eigenvalue weighted by atomic mass is 79.9. The third-order valence-corrected chi connectivity index (χ3v) is 7.10. The maximum absolute atomic E-state index is 13.5. The molecule has 7 heteroatoms. The molecule has 0 fully saturated rings. The van der Waals surface area contributed by atoms with Gasteiger partial charge in [-0.2, -0.15) is 0 Å². The topological polar surface area (TPSA) is 54.9 Å². The molecule has 34 heavy (non-hydrogen) atoms. The van der Waals surface area contributed by atoms with E-state index in [1.807, 2.05) is 80.6 Å². The van der Waals surface area contributed by atoms with Crippen LogP contribution >= 0.6 is 38.9 Å². The Morgan fingerprint density at radius 1 is 0.941 bits per heavy atom. The first-order valence-electron chi connectivity index (χ1n) is 10.6. The molecule has 0 radical (unpaired) electrons. The molecule has 0 atom stereocenters. The Labute approximate surface area is 214 Å². The van der Waals surface area contributed by atoms with E-state index < -0.39 is 0 Å². The van der Waals surface area contributed by atoms with Crippen molar-refractivity contribution in [1.82, 2.24) is 9.97 Å². The van der Waals surface area contributed by atoms with Crippen LogP contribution in [0.4, 0.5) is 5.13 Å². The third kappa shape index (κ3) is 4.62. The molecule has 1 N–H and O–H groups in total. The fourth-order valence-electron chi connectivity index (χ4n) is 3.83. The number of rotatable bonds is 4. The molecule has 3 aromatic carbocycles. The highest BCUT2D eigenvalue weighted by molar-refractivity contribution is 9.10. The van der Waals surface area contributed by atoms with Crippen molar-refractivity contribution in [3.63, 3.8) is 0 Å². The second-order valence-corrected chi connectivity index (χ2v) is 10.5. The van der Waals surface area contributed by atoms with Crippen LogP contribution in [0.3, 0.4) is 0 Å². The summed E-state index contributed by atoms with van der Waals surface area (Å²) in [5.74, 6) is -0.226. The van der Waals surface area contributed by atoms with Crippen molar-refractivity contribution in [3.8, 4) is 22.5 Å². The molecule has 0 unspecified atom stereocenters. The molecule has 5 aromatic rings. The number of hydrogen-bond acceptors (Lipinski definition) is 4. The molecule has 0 aliphatic carbocycles. The van der Waals surface area contributed by atoms with E-state index in [1.165, 1.54) is 11.3 Å². The summed E-state index contributed by atoms with van der Waals surface area (Å²) in [6.07, 6.45) is 0. The van der Waals surface area contributed by atoms with Gasteiger partial charge in [-0.05, 0) is 56.3 Å². The zero-order valence-corrected chi connectivity index (χ0v) is 21.6. The maximum atomic E-state index is 13.5. The van der Waals surface area contributed by atoms with E-state index in [9.17, 15) is 4.79 Å². The quantitative estimate of drug-likeness (QED) is 0.246. The van der Waals surface area contributed by atoms with Crippen molar-refractivity contribution in [2.75, 3.05) is 5.32 Å². The fraction of sp³-hybridized carbons (Fsp3) is 0.0741. The van der Waals surface area contributed by atoms with E-state index >= 15 is 0 Å². The molecule has 0 aliphatic heterocycles. The zero-order valence-electron chi connectivity index (χ0n) is 18.4. The van der Waals surface area contributed by atoms with Crippen LogP contribution < -0.4 is 5.32 Å². The lowest BCUT2D eigenvalue weighted by Crippen LogP contribution is -2.13. The van der Waals surface area contributed by atoms with Gasteiger partial charge in [0.2, 0.25) is 0 Å². The standard InChI is InChI=1S/C27H19BrClN3OS/c1-15-4-3-5-18(12-15)24-14-22(21-13-19(28)8-11-23(21)30-24)26(33)32-27-31-25(16(2)34-27)17-6-9-20(29)10-7-17/h3-14H,1-2H3,(H,31,32,33). The molecule has 1 amide bonds. The number of nitrogens with one attached hydrogen (secondary N) is 1. The van der Waals surface area contributed by atoms with Crippen molar-refractivity contribution in [1.29, 1.82) is 0 Å². The van der Waals surface area contributed by atoms with E-state index in [-0.39, 0.29) is 5.91 Å². The van der Waals surface area contributed by atoms with Gasteiger partial charge >= 0.3 is 0 Å². The third-order valence-electron chi connectivity index (χ3n) is 5.46. The van der Waals surface area contributed by atoms with E-state index in [1.54, 1.807) is 0 Å². The van der Waals surface area contributed by atoms with E-state index in [0.29, 0.717) is 15.7 Å². The highest BCUT2D eigenvalue weighted by Crippen LogP contribution is 2.32. The average Bonchev–Trinajstić information content (AvgIpc) is 3.18. The molecule has 0 saturated carbocycles. The normalized spacial score (nSPS) is 11.1. The molecule has 5 rings (SSSR count). The Morgan fingerprint density at radius 2 is 1.74 bits per heavy atom. The molecule has 2 heterocycles. The van der Waals surface area contributed by atoms with Gasteiger partial charge in [0.25, 0.3) is 5.91 Å². The number of aromatic nitrogens is 2. The number of benzene rings is 3. The van der Waals surface area contributed by atoms with Gasteiger partial charge in [-0.25, -0.2) is 9.97 Å². The van der Waals surface area contributed by atoms with E-state index in [0.717, 1.165) is 48.3 Å². The minimum absolute atomic E-state index is 0.226. The zero-order chi connectivity index (χ0) is 23.8. The van der Waals surface area contributed by atoms with Gasteiger partial charge in [0.15, 0.2) is 5.13 Å². The maximum Gasteiger partial charge on any atom is 0.258 e. The van der Waals surface area contributed by atoms with E-state index in [2.05, 4.69) is 32.3 Å². The number of thiazole rings is 1. The molecular weight excluding hydrogens is 530 g/mol. The Kier molecular flexibility index (Phi) is 6.21. The predicted molar refractivity (Wildman–Crippen MR) is 145 cm³/mol. The minimum Gasteiger partial charge on any atom is -0.298 e. The number of anilines is 1. The number of amides is 1. The summed E-state index contributed by atoms with van der Waals surface area (Å²) < 4.78 is 0.884. The van der Waals surface area contributed by atoms with Gasteiger partial charge in [0.1, 0.15) is 0 Å². The first-order chi connectivity index (χ1) is 16.4. The lowest BCUT2D eigenvalue weighted by molar-refractivity contribution is 0.102. The summed E-state index contributed by atoms with van der Waals surface area (Å²) in [7, 11) is 0. The molecule has 4 nitrogen and oxygen atoms in total. The SMILES string of the molecule is Cc1cccc(-c2cc(C(=O)Nc3nc(-c4ccc(Cl)cc4)c(C)s3)c3cc(Br)ccc3n2)c1. The van der Waals surface area contributed by atoms with Gasteiger partial charge in [-0.15, -0.1) is 11.3 Å². The summed E-state index contributed by atoms with van der Waals surface area (Å²) in [5, 5.41) is 4.99. The number of halogens is 2. The van der Waals surface area contributed by atoms with Gasteiger partial charge in [-0.3, -0.25) is 10.1 Å². The van der Waals surface area contributed by atoms with Crippen molar-refractivity contribution in [2.45, 2.75) is 13.8 Å². The summed E-state index contributed by atoms with van der Waals surface area (Å²) in [6.45, 7) is 4.03. The molecule has 0 aliphatic rings. The number of carbonyl (C=O) groups is 1. The van der Waals surface area contributed by atoms with Crippen LogP contribution in [0, 0.1) is 13.8 Å². The van der Waals surface area contributed by atoms with Crippen molar-refractivity contribution < 1.29 is 4.79 Å². The smallest absolute Gasteiger partial charge is 0.258 e.